The molecule has 17 heavy (non-hydrogen) atoms. The molecule has 1 fully saturated rings. The molecule has 2 nitrogen and oxygen atoms in total. The van der Waals surface area contributed by atoms with Crippen LogP contribution in [0.5, 0.6) is 5.75 Å². The lowest BCUT2D eigenvalue weighted by molar-refractivity contribution is -0.0480. The second-order valence-electron chi connectivity index (χ2n) is 5.05. The molecule has 1 aromatic rings. The lowest BCUT2D eigenvalue weighted by Gasteiger charge is -2.41. The molecule has 0 N–H and O–H groups in total. The molecule has 0 aromatic heterocycles. The SMILES string of the molecule is COc1cc(C(C)C)ccc1C1(CS)COC1. The number of ether oxygens (including phenoxy) is 2. The van der Waals surface area contributed by atoms with Crippen molar-refractivity contribution in [2.24, 2.45) is 0 Å². The second kappa shape index (κ2) is 4.91. The van der Waals surface area contributed by atoms with Gasteiger partial charge < -0.3 is 9.47 Å². The van der Waals surface area contributed by atoms with Crippen LogP contribution in [0.3, 0.4) is 0 Å². The zero-order valence-electron chi connectivity index (χ0n) is 10.7. The fraction of sp³-hybridized carbons (Fsp3) is 0.571. The zero-order chi connectivity index (χ0) is 12.5. The highest BCUT2D eigenvalue weighted by molar-refractivity contribution is 7.80. The van der Waals surface area contributed by atoms with Gasteiger partial charge in [0, 0.05) is 11.3 Å². The average Bonchev–Trinajstić information content (AvgIpc) is 2.28. The number of benzene rings is 1. The van der Waals surface area contributed by atoms with Crippen molar-refractivity contribution in [3.05, 3.63) is 29.3 Å². The van der Waals surface area contributed by atoms with E-state index >= 15 is 0 Å². The van der Waals surface area contributed by atoms with Gasteiger partial charge in [0.05, 0.1) is 25.7 Å². The van der Waals surface area contributed by atoms with Crippen molar-refractivity contribution < 1.29 is 9.47 Å². The summed E-state index contributed by atoms with van der Waals surface area (Å²) in [6.07, 6.45) is 0. The normalized spacial score (nSPS) is 17.9. The Morgan fingerprint density at radius 1 is 1.41 bits per heavy atom. The molecule has 1 aliphatic heterocycles. The van der Waals surface area contributed by atoms with Crippen molar-refractivity contribution in [3.8, 4) is 5.75 Å². The lowest BCUT2D eigenvalue weighted by Crippen LogP contribution is -2.48. The van der Waals surface area contributed by atoms with Gasteiger partial charge in [0.25, 0.3) is 0 Å². The highest BCUT2D eigenvalue weighted by Gasteiger charge is 2.41. The molecule has 0 saturated carbocycles. The van der Waals surface area contributed by atoms with Crippen LogP contribution in [0.2, 0.25) is 0 Å². The smallest absolute Gasteiger partial charge is 0.123 e. The molecule has 0 atom stereocenters. The van der Waals surface area contributed by atoms with Gasteiger partial charge in [0.15, 0.2) is 0 Å². The van der Waals surface area contributed by atoms with Crippen LogP contribution in [0.4, 0.5) is 0 Å². The molecular weight excluding hydrogens is 232 g/mol. The Labute approximate surface area is 109 Å². The largest absolute Gasteiger partial charge is 0.496 e. The fourth-order valence-corrected chi connectivity index (χ4v) is 2.54. The van der Waals surface area contributed by atoms with Crippen LogP contribution in [0.25, 0.3) is 0 Å². The fourth-order valence-electron chi connectivity index (χ4n) is 2.19. The van der Waals surface area contributed by atoms with E-state index in [1.165, 1.54) is 11.1 Å². The molecule has 0 spiro atoms. The first kappa shape index (κ1) is 12.8. The summed E-state index contributed by atoms with van der Waals surface area (Å²) in [6.45, 7) is 5.87. The van der Waals surface area contributed by atoms with E-state index in [0.29, 0.717) is 5.92 Å². The molecule has 3 heteroatoms. The Bertz CT molecular complexity index is 392. The molecule has 1 saturated heterocycles. The van der Waals surface area contributed by atoms with Gasteiger partial charge in [0.1, 0.15) is 5.75 Å². The monoisotopic (exact) mass is 252 g/mol. The van der Waals surface area contributed by atoms with Crippen molar-refractivity contribution in [1.82, 2.24) is 0 Å². The molecule has 1 aromatic carbocycles. The predicted octanol–water partition coefficient (Wildman–Crippen LogP) is 3.02. The van der Waals surface area contributed by atoms with E-state index in [9.17, 15) is 0 Å². The van der Waals surface area contributed by atoms with E-state index in [0.717, 1.165) is 24.7 Å². The summed E-state index contributed by atoms with van der Waals surface area (Å²) in [7, 11) is 1.73. The highest BCUT2D eigenvalue weighted by Crippen LogP contribution is 2.39. The van der Waals surface area contributed by atoms with Crippen LogP contribution in [-0.4, -0.2) is 26.1 Å². The molecule has 0 bridgehead atoms. The van der Waals surface area contributed by atoms with Crippen molar-refractivity contribution in [2.45, 2.75) is 25.2 Å². The number of thiol groups is 1. The maximum absolute atomic E-state index is 5.53. The Morgan fingerprint density at radius 2 is 2.12 bits per heavy atom. The van der Waals surface area contributed by atoms with E-state index < -0.39 is 0 Å². The van der Waals surface area contributed by atoms with Gasteiger partial charge in [-0.05, 0) is 17.5 Å². The van der Waals surface area contributed by atoms with Crippen molar-refractivity contribution in [3.63, 3.8) is 0 Å². The van der Waals surface area contributed by atoms with Crippen molar-refractivity contribution >= 4 is 12.6 Å². The van der Waals surface area contributed by atoms with E-state index in [2.05, 4.69) is 44.7 Å². The summed E-state index contributed by atoms with van der Waals surface area (Å²) in [4.78, 5) is 0. The van der Waals surface area contributed by atoms with Crippen LogP contribution in [0.1, 0.15) is 30.9 Å². The van der Waals surface area contributed by atoms with E-state index in [-0.39, 0.29) is 5.41 Å². The maximum atomic E-state index is 5.53. The van der Waals surface area contributed by atoms with Crippen LogP contribution < -0.4 is 4.74 Å². The number of rotatable bonds is 4. The molecule has 0 aliphatic carbocycles. The Kier molecular flexibility index (Phi) is 3.69. The van der Waals surface area contributed by atoms with Gasteiger partial charge >= 0.3 is 0 Å². The van der Waals surface area contributed by atoms with Gasteiger partial charge in [-0.1, -0.05) is 26.0 Å². The number of hydrogen-bond acceptors (Lipinski definition) is 3. The molecular formula is C14H20O2S. The molecule has 94 valence electrons. The Hall–Kier alpha value is -0.670. The first-order valence-corrected chi connectivity index (χ1v) is 6.63. The minimum absolute atomic E-state index is 0.0456. The van der Waals surface area contributed by atoms with E-state index in [1.807, 2.05) is 0 Å². The first-order chi connectivity index (χ1) is 8.13. The van der Waals surface area contributed by atoms with Crippen molar-refractivity contribution in [1.29, 1.82) is 0 Å². The molecule has 1 aliphatic rings. The molecule has 0 amide bonds. The highest BCUT2D eigenvalue weighted by atomic mass is 32.1. The van der Waals surface area contributed by atoms with Crippen LogP contribution in [0, 0.1) is 0 Å². The van der Waals surface area contributed by atoms with Crippen molar-refractivity contribution in [2.75, 3.05) is 26.1 Å². The van der Waals surface area contributed by atoms with Gasteiger partial charge in [0.2, 0.25) is 0 Å². The topological polar surface area (TPSA) is 18.5 Å². The van der Waals surface area contributed by atoms with Gasteiger partial charge in [-0.3, -0.25) is 0 Å². The molecule has 2 rings (SSSR count). The van der Waals surface area contributed by atoms with E-state index in [4.69, 9.17) is 9.47 Å². The third-order valence-electron chi connectivity index (χ3n) is 3.52. The third-order valence-corrected chi connectivity index (χ3v) is 4.13. The zero-order valence-corrected chi connectivity index (χ0v) is 11.6. The maximum Gasteiger partial charge on any atom is 0.123 e. The average molecular weight is 252 g/mol. The standard InChI is InChI=1S/C14H20O2S/c1-10(2)11-4-5-12(13(6-11)15-3)14(9-17)7-16-8-14/h4-6,10,17H,7-9H2,1-3H3. The summed E-state index contributed by atoms with van der Waals surface area (Å²) >= 11 is 4.46. The van der Waals surface area contributed by atoms with Gasteiger partial charge in [-0.15, -0.1) is 0 Å². The Morgan fingerprint density at radius 3 is 2.53 bits per heavy atom. The summed E-state index contributed by atoms with van der Waals surface area (Å²) in [5.74, 6) is 2.28. The van der Waals surface area contributed by atoms with Gasteiger partial charge in [-0.25, -0.2) is 0 Å². The number of methoxy groups -OCH3 is 1. The lowest BCUT2D eigenvalue weighted by atomic mass is 9.79. The predicted molar refractivity (Wildman–Crippen MR) is 73.4 cm³/mol. The summed E-state index contributed by atoms with van der Waals surface area (Å²) in [6, 6.07) is 6.50. The summed E-state index contributed by atoms with van der Waals surface area (Å²) in [5, 5.41) is 0. The minimum atomic E-state index is 0.0456. The van der Waals surface area contributed by atoms with E-state index in [1.54, 1.807) is 7.11 Å². The molecule has 0 unspecified atom stereocenters. The third kappa shape index (κ3) is 2.18. The van der Waals surface area contributed by atoms with Crippen LogP contribution >= 0.6 is 12.6 Å². The summed E-state index contributed by atoms with van der Waals surface area (Å²) < 4.78 is 10.9. The van der Waals surface area contributed by atoms with Crippen LogP contribution in [0.15, 0.2) is 18.2 Å². The number of hydrogen-bond donors (Lipinski definition) is 1. The summed E-state index contributed by atoms with van der Waals surface area (Å²) in [5.41, 5.74) is 2.58. The second-order valence-corrected chi connectivity index (χ2v) is 5.36. The first-order valence-electron chi connectivity index (χ1n) is 6.00. The van der Waals surface area contributed by atoms with Crippen LogP contribution in [-0.2, 0) is 10.2 Å². The minimum Gasteiger partial charge on any atom is -0.496 e. The van der Waals surface area contributed by atoms with Gasteiger partial charge in [-0.2, -0.15) is 12.6 Å². The Balaban J connectivity index is 2.40. The molecule has 1 heterocycles. The quantitative estimate of drug-likeness (QED) is 0.830. The molecule has 0 radical (unpaired) electrons.